The fraction of sp³-hybridized carbons (Fsp3) is 0.417. The van der Waals surface area contributed by atoms with Gasteiger partial charge in [0.2, 0.25) is 10.0 Å². The SMILES string of the molecule is COCCN(Cc1ccsc1)S(=O)(=O)c1cnn(C)c1. The van der Waals surface area contributed by atoms with Crippen molar-refractivity contribution in [2.24, 2.45) is 7.05 Å². The average Bonchev–Trinajstić information content (AvgIpc) is 3.05. The van der Waals surface area contributed by atoms with Gasteiger partial charge in [-0.3, -0.25) is 4.68 Å². The second-order valence-electron chi connectivity index (χ2n) is 4.31. The number of aryl methyl sites for hydroxylation is 1. The van der Waals surface area contributed by atoms with Crippen LogP contribution in [0, 0.1) is 0 Å². The molecule has 0 atom stereocenters. The van der Waals surface area contributed by atoms with Crippen LogP contribution in [0.5, 0.6) is 0 Å². The number of hydrogen-bond donors (Lipinski definition) is 0. The van der Waals surface area contributed by atoms with Gasteiger partial charge in [-0.05, 0) is 22.4 Å². The second-order valence-corrected chi connectivity index (χ2v) is 7.03. The molecule has 2 rings (SSSR count). The molecule has 0 aliphatic carbocycles. The van der Waals surface area contributed by atoms with Gasteiger partial charge < -0.3 is 4.74 Å². The van der Waals surface area contributed by atoms with Crippen molar-refractivity contribution in [2.45, 2.75) is 11.4 Å². The molecule has 110 valence electrons. The highest BCUT2D eigenvalue weighted by Crippen LogP contribution is 2.18. The molecule has 0 aromatic carbocycles. The summed E-state index contributed by atoms with van der Waals surface area (Å²) in [4.78, 5) is 0.200. The third kappa shape index (κ3) is 3.45. The molecule has 2 aromatic heterocycles. The zero-order valence-corrected chi connectivity index (χ0v) is 13.0. The molecule has 0 radical (unpaired) electrons. The van der Waals surface area contributed by atoms with Crippen LogP contribution in [0.1, 0.15) is 5.56 Å². The van der Waals surface area contributed by atoms with E-state index in [9.17, 15) is 8.42 Å². The van der Waals surface area contributed by atoms with Crippen LogP contribution in [-0.4, -0.2) is 42.8 Å². The first-order chi connectivity index (χ1) is 9.54. The first-order valence-electron chi connectivity index (χ1n) is 6.03. The maximum atomic E-state index is 12.6. The third-order valence-electron chi connectivity index (χ3n) is 2.80. The molecule has 0 aliphatic heterocycles. The number of hydrogen-bond acceptors (Lipinski definition) is 5. The number of ether oxygens (including phenoxy) is 1. The number of methoxy groups -OCH3 is 1. The van der Waals surface area contributed by atoms with Crippen molar-refractivity contribution >= 4 is 21.4 Å². The minimum absolute atomic E-state index is 0.200. The van der Waals surface area contributed by atoms with Crippen molar-refractivity contribution in [3.05, 3.63) is 34.8 Å². The van der Waals surface area contributed by atoms with Gasteiger partial charge in [-0.25, -0.2) is 8.42 Å². The molecule has 0 bridgehead atoms. The normalized spacial score (nSPS) is 12.2. The van der Waals surface area contributed by atoms with Crippen molar-refractivity contribution in [3.63, 3.8) is 0 Å². The van der Waals surface area contributed by atoms with Gasteiger partial charge in [-0.15, -0.1) is 0 Å². The highest BCUT2D eigenvalue weighted by Gasteiger charge is 2.25. The van der Waals surface area contributed by atoms with E-state index in [1.54, 1.807) is 25.5 Å². The standard InChI is InChI=1S/C12H17N3O3S2/c1-14-9-12(7-13-14)20(16,17)15(4-5-18-2)8-11-3-6-19-10-11/h3,6-7,9-10H,4-5,8H2,1-2H3. The Morgan fingerprint density at radius 2 is 2.30 bits per heavy atom. The maximum absolute atomic E-state index is 12.6. The van der Waals surface area contributed by atoms with Gasteiger partial charge in [-0.2, -0.15) is 20.7 Å². The molecule has 0 N–H and O–H groups in total. The molecule has 6 nitrogen and oxygen atoms in total. The van der Waals surface area contributed by atoms with E-state index in [0.29, 0.717) is 19.7 Å². The number of sulfonamides is 1. The first-order valence-corrected chi connectivity index (χ1v) is 8.41. The van der Waals surface area contributed by atoms with Crippen LogP contribution in [0.15, 0.2) is 34.1 Å². The van der Waals surface area contributed by atoms with Crippen LogP contribution >= 0.6 is 11.3 Å². The van der Waals surface area contributed by atoms with Gasteiger partial charge in [0.15, 0.2) is 0 Å². The van der Waals surface area contributed by atoms with E-state index in [0.717, 1.165) is 5.56 Å². The Balaban J connectivity index is 2.25. The van der Waals surface area contributed by atoms with E-state index >= 15 is 0 Å². The highest BCUT2D eigenvalue weighted by molar-refractivity contribution is 7.89. The summed E-state index contributed by atoms with van der Waals surface area (Å²) in [5.41, 5.74) is 0.971. The lowest BCUT2D eigenvalue weighted by Crippen LogP contribution is -2.33. The lowest BCUT2D eigenvalue weighted by atomic mass is 10.3. The summed E-state index contributed by atoms with van der Waals surface area (Å²) in [5, 5.41) is 7.80. The van der Waals surface area contributed by atoms with E-state index in [1.165, 1.54) is 21.4 Å². The van der Waals surface area contributed by atoms with E-state index in [4.69, 9.17) is 4.74 Å². The predicted molar refractivity (Wildman–Crippen MR) is 77.0 cm³/mol. The molecule has 0 amide bonds. The van der Waals surface area contributed by atoms with Crippen molar-refractivity contribution in [1.82, 2.24) is 14.1 Å². The lowest BCUT2D eigenvalue weighted by Gasteiger charge is -2.20. The molecule has 2 aromatic rings. The van der Waals surface area contributed by atoms with Gasteiger partial charge in [-0.1, -0.05) is 0 Å². The zero-order chi connectivity index (χ0) is 14.6. The molecule has 0 saturated heterocycles. The molecular formula is C12H17N3O3S2. The molecule has 0 spiro atoms. The molecular weight excluding hydrogens is 298 g/mol. The van der Waals surface area contributed by atoms with Gasteiger partial charge in [0.1, 0.15) is 4.90 Å². The third-order valence-corrected chi connectivity index (χ3v) is 5.33. The quantitative estimate of drug-likeness (QED) is 0.773. The van der Waals surface area contributed by atoms with Gasteiger partial charge in [0, 0.05) is 33.4 Å². The molecule has 0 fully saturated rings. The van der Waals surface area contributed by atoms with Crippen molar-refractivity contribution in [1.29, 1.82) is 0 Å². The molecule has 0 aliphatic rings. The van der Waals surface area contributed by atoms with Crippen molar-refractivity contribution in [3.8, 4) is 0 Å². The van der Waals surface area contributed by atoms with Gasteiger partial charge in [0.25, 0.3) is 0 Å². The molecule has 0 saturated carbocycles. The van der Waals surface area contributed by atoms with Gasteiger partial charge in [0.05, 0.1) is 12.8 Å². The molecule has 2 heterocycles. The number of rotatable bonds is 7. The summed E-state index contributed by atoms with van der Waals surface area (Å²) in [6.45, 7) is 0.997. The summed E-state index contributed by atoms with van der Waals surface area (Å²) in [5.74, 6) is 0. The number of thiophene rings is 1. The Labute approximate surface area is 122 Å². The van der Waals surface area contributed by atoms with Crippen LogP contribution in [0.25, 0.3) is 0 Å². The molecule has 0 unspecified atom stereocenters. The fourth-order valence-electron chi connectivity index (χ4n) is 1.74. The first kappa shape index (κ1) is 15.2. The Bertz CT molecular complexity index is 635. The number of aromatic nitrogens is 2. The van der Waals surface area contributed by atoms with Crippen LogP contribution in [0.2, 0.25) is 0 Å². The monoisotopic (exact) mass is 315 g/mol. The Hall–Kier alpha value is -1.22. The lowest BCUT2D eigenvalue weighted by molar-refractivity contribution is 0.177. The smallest absolute Gasteiger partial charge is 0.246 e. The fourth-order valence-corrected chi connectivity index (χ4v) is 3.80. The van der Waals surface area contributed by atoms with Crippen LogP contribution < -0.4 is 0 Å². The van der Waals surface area contributed by atoms with Crippen LogP contribution in [0.3, 0.4) is 0 Å². The largest absolute Gasteiger partial charge is 0.383 e. The van der Waals surface area contributed by atoms with Gasteiger partial charge >= 0.3 is 0 Å². The van der Waals surface area contributed by atoms with E-state index < -0.39 is 10.0 Å². The topological polar surface area (TPSA) is 64.4 Å². The molecule has 20 heavy (non-hydrogen) atoms. The summed E-state index contributed by atoms with van der Waals surface area (Å²) in [6.07, 6.45) is 2.87. The summed E-state index contributed by atoms with van der Waals surface area (Å²) in [7, 11) is -0.307. The predicted octanol–water partition coefficient (Wildman–Crippen LogP) is 1.32. The highest BCUT2D eigenvalue weighted by atomic mass is 32.2. The summed E-state index contributed by atoms with van der Waals surface area (Å²) in [6, 6.07) is 1.92. The van der Waals surface area contributed by atoms with Crippen LogP contribution in [0.4, 0.5) is 0 Å². The second kappa shape index (κ2) is 6.49. The minimum Gasteiger partial charge on any atom is -0.383 e. The summed E-state index contributed by atoms with van der Waals surface area (Å²) < 4.78 is 33.1. The zero-order valence-electron chi connectivity index (χ0n) is 11.4. The summed E-state index contributed by atoms with van der Waals surface area (Å²) >= 11 is 1.55. The van der Waals surface area contributed by atoms with Crippen molar-refractivity contribution < 1.29 is 13.2 Å². The van der Waals surface area contributed by atoms with E-state index in [2.05, 4.69) is 5.10 Å². The Morgan fingerprint density at radius 1 is 1.50 bits per heavy atom. The van der Waals surface area contributed by atoms with Crippen molar-refractivity contribution in [2.75, 3.05) is 20.3 Å². The average molecular weight is 315 g/mol. The Morgan fingerprint density at radius 3 is 2.85 bits per heavy atom. The number of nitrogens with zero attached hydrogens (tertiary/aromatic N) is 3. The van der Waals surface area contributed by atoms with Crippen LogP contribution in [-0.2, 0) is 28.4 Å². The minimum atomic E-state index is -3.55. The molecule has 8 heteroatoms. The Kier molecular flexibility index (Phi) is 4.92. The van der Waals surface area contributed by atoms with E-state index in [1.807, 2.05) is 16.8 Å². The van der Waals surface area contributed by atoms with E-state index in [-0.39, 0.29) is 4.90 Å². The maximum Gasteiger partial charge on any atom is 0.246 e.